The summed E-state index contributed by atoms with van der Waals surface area (Å²) in [4.78, 5) is 0. The van der Waals surface area contributed by atoms with Gasteiger partial charge in [-0.15, -0.1) is 12.4 Å². The van der Waals surface area contributed by atoms with Crippen LogP contribution in [-0.2, 0) is 6.54 Å². The van der Waals surface area contributed by atoms with Gasteiger partial charge in [-0.2, -0.15) is 5.10 Å². The number of nitrogens with one attached hydrogen (secondary N) is 1. The van der Waals surface area contributed by atoms with Crippen molar-refractivity contribution in [3.05, 3.63) is 12.4 Å². The van der Waals surface area contributed by atoms with Crippen LogP contribution in [0.1, 0.15) is 20.3 Å². The van der Waals surface area contributed by atoms with E-state index < -0.39 is 0 Å². The van der Waals surface area contributed by atoms with E-state index in [0.29, 0.717) is 5.92 Å². The Morgan fingerprint density at radius 2 is 2.31 bits per heavy atom. The van der Waals surface area contributed by atoms with E-state index in [0.717, 1.165) is 12.2 Å². The molecule has 0 aliphatic carbocycles. The lowest BCUT2D eigenvalue weighted by atomic mass is 10.1. The van der Waals surface area contributed by atoms with E-state index in [2.05, 4.69) is 24.3 Å². The van der Waals surface area contributed by atoms with Crippen LogP contribution in [0.15, 0.2) is 12.4 Å². The van der Waals surface area contributed by atoms with E-state index in [9.17, 15) is 0 Å². The van der Waals surface area contributed by atoms with Crippen LogP contribution in [0, 0.1) is 5.92 Å². The van der Waals surface area contributed by atoms with Gasteiger partial charge in [0.1, 0.15) is 0 Å². The Hall–Kier alpha value is -0.700. The average molecular weight is 204 g/mol. The molecule has 1 N–H and O–H groups in total. The molecule has 1 atom stereocenters. The molecule has 0 amide bonds. The second-order valence-electron chi connectivity index (χ2n) is 3.21. The normalized spacial score (nSPS) is 11.9. The van der Waals surface area contributed by atoms with E-state index in [1.165, 1.54) is 6.42 Å². The maximum atomic E-state index is 4.23. The van der Waals surface area contributed by atoms with Crippen LogP contribution >= 0.6 is 12.4 Å². The topological polar surface area (TPSA) is 29.9 Å². The standard InChI is InChI=1S/C9H17N3.ClH/c1-4-8(2)6-12-7-9(10-3)5-11-12;/h5,7-8,10H,4,6H2,1-3H3;1H. The highest BCUT2D eigenvalue weighted by Crippen LogP contribution is 2.07. The minimum atomic E-state index is 0. The highest BCUT2D eigenvalue weighted by atomic mass is 35.5. The van der Waals surface area contributed by atoms with E-state index in [-0.39, 0.29) is 12.4 Å². The summed E-state index contributed by atoms with van der Waals surface area (Å²) < 4.78 is 1.99. The lowest BCUT2D eigenvalue weighted by Crippen LogP contribution is -2.06. The van der Waals surface area contributed by atoms with Gasteiger partial charge >= 0.3 is 0 Å². The number of hydrogen-bond acceptors (Lipinski definition) is 2. The third kappa shape index (κ3) is 3.68. The highest BCUT2D eigenvalue weighted by molar-refractivity contribution is 5.85. The van der Waals surface area contributed by atoms with Gasteiger partial charge in [-0.1, -0.05) is 20.3 Å². The smallest absolute Gasteiger partial charge is 0.0723 e. The van der Waals surface area contributed by atoms with Crippen LogP contribution in [0.4, 0.5) is 5.69 Å². The Bertz CT molecular complexity index is 235. The van der Waals surface area contributed by atoms with Crippen molar-refractivity contribution in [2.75, 3.05) is 12.4 Å². The van der Waals surface area contributed by atoms with Crippen molar-refractivity contribution in [3.8, 4) is 0 Å². The molecule has 1 aromatic heterocycles. The van der Waals surface area contributed by atoms with Gasteiger partial charge in [-0.3, -0.25) is 4.68 Å². The molecule has 1 unspecified atom stereocenters. The molecule has 76 valence electrons. The van der Waals surface area contributed by atoms with Gasteiger partial charge in [-0.25, -0.2) is 0 Å². The summed E-state index contributed by atoms with van der Waals surface area (Å²) in [7, 11) is 1.91. The minimum Gasteiger partial charge on any atom is -0.386 e. The molecule has 0 radical (unpaired) electrons. The van der Waals surface area contributed by atoms with Crippen LogP contribution in [0.2, 0.25) is 0 Å². The molecule has 3 nitrogen and oxygen atoms in total. The van der Waals surface area contributed by atoms with Gasteiger partial charge in [-0.05, 0) is 5.92 Å². The highest BCUT2D eigenvalue weighted by Gasteiger charge is 2.01. The van der Waals surface area contributed by atoms with Crippen molar-refractivity contribution in [1.82, 2.24) is 9.78 Å². The first-order valence-corrected chi connectivity index (χ1v) is 4.46. The molecular formula is C9H18ClN3. The Morgan fingerprint density at radius 3 is 2.77 bits per heavy atom. The van der Waals surface area contributed by atoms with Crippen LogP contribution in [-0.4, -0.2) is 16.8 Å². The van der Waals surface area contributed by atoms with Gasteiger partial charge in [0.25, 0.3) is 0 Å². The molecule has 13 heavy (non-hydrogen) atoms. The number of anilines is 1. The third-order valence-corrected chi connectivity index (χ3v) is 2.12. The van der Waals surface area contributed by atoms with Gasteiger partial charge in [0.15, 0.2) is 0 Å². The number of rotatable bonds is 4. The molecule has 1 rings (SSSR count). The number of aromatic nitrogens is 2. The van der Waals surface area contributed by atoms with Crippen molar-refractivity contribution in [2.24, 2.45) is 5.92 Å². The van der Waals surface area contributed by atoms with Crippen LogP contribution < -0.4 is 5.32 Å². The summed E-state index contributed by atoms with van der Waals surface area (Å²) >= 11 is 0. The molecular weight excluding hydrogens is 186 g/mol. The van der Waals surface area contributed by atoms with Crippen molar-refractivity contribution < 1.29 is 0 Å². The predicted molar refractivity (Wildman–Crippen MR) is 58.5 cm³/mol. The fraction of sp³-hybridized carbons (Fsp3) is 0.667. The van der Waals surface area contributed by atoms with Crippen molar-refractivity contribution >= 4 is 18.1 Å². The van der Waals surface area contributed by atoms with Gasteiger partial charge in [0, 0.05) is 19.8 Å². The fourth-order valence-electron chi connectivity index (χ4n) is 1.04. The quantitative estimate of drug-likeness (QED) is 0.815. The lowest BCUT2D eigenvalue weighted by Gasteiger charge is -2.07. The van der Waals surface area contributed by atoms with E-state index >= 15 is 0 Å². The molecule has 0 aromatic carbocycles. The summed E-state index contributed by atoms with van der Waals surface area (Å²) in [5.74, 6) is 0.703. The first kappa shape index (κ1) is 12.3. The third-order valence-electron chi connectivity index (χ3n) is 2.12. The molecule has 0 aliphatic heterocycles. The predicted octanol–water partition coefficient (Wildman–Crippen LogP) is 2.39. The largest absolute Gasteiger partial charge is 0.386 e. The molecule has 0 fully saturated rings. The summed E-state index contributed by atoms with van der Waals surface area (Å²) in [5.41, 5.74) is 1.08. The first-order chi connectivity index (χ1) is 5.76. The SMILES string of the molecule is CCC(C)Cn1cc(NC)cn1.Cl. The molecule has 0 bridgehead atoms. The Balaban J connectivity index is 0.00000144. The van der Waals surface area contributed by atoms with Crippen molar-refractivity contribution in [3.63, 3.8) is 0 Å². The molecule has 0 saturated carbocycles. The summed E-state index contributed by atoms with van der Waals surface area (Å²) in [6, 6.07) is 0. The monoisotopic (exact) mass is 203 g/mol. The minimum absolute atomic E-state index is 0. The van der Waals surface area contributed by atoms with Crippen molar-refractivity contribution in [1.29, 1.82) is 0 Å². The zero-order chi connectivity index (χ0) is 8.97. The van der Waals surface area contributed by atoms with Gasteiger partial charge < -0.3 is 5.32 Å². The van der Waals surface area contributed by atoms with E-state index in [4.69, 9.17) is 0 Å². The summed E-state index contributed by atoms with van der Waals surface area (Å²) in [6.45, 7) is 5.45. The van der Waals surface area contributed by atoms with Gasteiger partial charge in [0.2, 0.25) is 0 Å². The van der Waals surface area contributed by atoms with Crippen LogP contribution in [0.3, 0.4) is 0 Å². The lowest BCUT2D eigenvalue weighted by molar-refractivity contribution is 0.439. The van der Waals surface area contributed by atoms with Crippen LogP contribution in [0.5, 0.6) is 0 Å². The molecule has 1 heterocycles. The van der Waals surface area contributed by atoms with E-state index in [1.54, 1.807) is 0 Å². The Labute approximate surface area is 85.9 Å². The zero-order valence-corrected chi connectivity index (χ0v) is 9.27. The maximum Gasteiger partial charge on any atom is 0.0723 e. The van der Waals surface area contributed by atoms with Crippen LogP contribution in [0.25, 0.3) is 0 Å². The second-order valence-corrected chi connectivity index (χ2v) is 3.21. The molecule has 4 heteroatoms. The number of hydrogen-bond donors (Lipinski definition) is 1. The molecule has 0 aliphatic rings. The zero-order valence-electron chi connectivity index (χ0n) is 8.45. The molecule has 1 aromatic rings. The van der Waals surface area contributed by atoms with Crippen molar-refractivity contribution in [2.45, 2.75) is 26.8 Å². The summed E-state index contributed by atoms with van der Waals surface area (Å²) in [5, 5.41) is 7.28. The maximum absolute atomic E-state index is 4.23. The Kier molecular flexibility index (Phi) is 5.55. The number of nitrogens with zero attached hydrogens (tertiary/aromatic N) is 2. The number of halogens is 1. The average Bonchev–Trinajstić information content (AvgIpc) is 2.52. The molecule has 0 spiro atoms. The Morgan fingerprint density at radius 1 is 1.62 bits per heavy atom. The van der Waals surface area contributed by atoms with E-state index in [1.807, 2.05) is 24.1 Å². The van der Waals surface area contributed by atoms with Gasteiger partial charge in [0.05, 0.1) is 11.9 Å². The molecule has 0 saturated heterocycles. The second kappa shape index (κ2) is 5.86. The first-order valence-electron chi connectivity index (χ1n) is 4.46. The summed E-state index contributed by atoms with van der Waals surface area (Å²) in [6.07, 6.45) is 5.09. The fourth-order valence-corrected chi connectivity index (χ4v) is 1.04.